The first kappa shape index (κ1) is 17.9. The van der Waals surface area contributed by atoms with E-state index in [0.717, 1.165) is 37.3 Å². The molecule has 6 heteroatoms. The highest BCUT2D eigenvalue weighted by Crippen LogP contribution is 2.27. The summed E-state index contributed by atoms with van der Waals surface area (Å²) in [7, 11) is 1.79. The van der Waals surface area contributed by atoms with Gasteiger partial charge in [0.2, 0.25) is 0 Å². The van der Waals surface area contributed by atoms with Crippen LogP contribution in [-0.2, 0) is 19.9 Å². The van der Waals surface area contributed by atoms with E-state index in [1.165, 1.54) is 31.2 Å². The Kier molecular flexibility index (Phi) is 6.02. The molecule has 2 aromatic heterocycles. The molecular formula is C19H29N5O. The van der Waals surface area contributed by atoms with Gasteiger partial charge in [-0.05, 0) is 56.7 Å². The highest BCUT2D eigenvalue weighted by Gasteiger charge is 2.26. The van der Waals surface area contributed by atoms with Crippen molar-refractivity contribution in [3.63, 3.8) is 0 Å². The zero-order chi connectivity index (χ0) is 17.6. The maximum atomic E-state index is 11.6. The number of H-pyrrole nitrogens is 1. The van der Waals surface area contributed by atoms with E-state index < -0.39 is 0 Å². The molecule has 6 nitrogen and oxygen atoms in total. The van der Waals surface area contributed by atoms with Gasteiger partial charge in [-0.3, -0.25) is 9.55 Å². The lowest BCUT2D eigenvalue weighted by Gasteiger charge is -2.32. The number of pyridine rings is 1. The molecule has 0 aliphatic heterocycles. The van der Waals surface area contributed by atoms with Crippen LogP contribution in [0.15, 0.2) is 23.1 Å². The van der Waals surface area contributed by atoms with Crippen LogP contribution in [0.4, 0.5) is 0 Å². The van der Waals surface area contributed by atoms with Crippen LogP contribution in [0.5, 0.6) is 0 Å². The average Bonchev–Trinajstić information content (AvgIpc) is 2.93. The van der Waals surface area contributed by atoms with E-state index in [1.807, 2.05) is 13.1 Å². The van der Waals surface area contributed by atoms with Crippen molar-refractivity contribution in [2.45, 2.75) is 57.9 Å². The van der Waals surface area contributed by atoms with Gasteiger partial charge >= 0.3 is 5.69 Å². The summed E-state index contributed by atoms with van der Waals surface area (Å²) >= 11 is 0. The number of aryl methyl sites for hydroxylation is 2. The van der Waals surface area contributed by atoms with Crippen LogP contribution in [0.1, 0.15) is 49.2 Å². The number of rotatable bonds is 7. The fourth-order valence-corrected chi connectivity index (χ4v) is 3.74. The molecule has 0 amide bonds. The van der Waals surface area contributed by atoms with Crippen molar-refractivity contribution in [3.05, 3.63) is 45.9 Å². The Hall–Kier alpha value is -1.95. The Morgan fingerprint density at radius 1 is 1.32 bits per heavy atom. The number of hydrogen-bond donors (Lipinski definition) is 2. The number of aromatic amines is 1. The van der Waals surface area contributed by atoms with Gasteiger partial charge in [0.15, 0.2) is 0 Å². The monoisotopic (exact) mass is 343 g/mol. The van der Waals surface area contributed by atoms with E-state index in [4.69, 9.17) is 0 Å². The third-order valence-electron chi connectivity index (χ3n) is 5.35. The second kappa shape index (κ2) is 8.43. The van der Waals surface area contributed by atoms with Gasteiger partial charge in [0.25, 0.3) is 0 Å². The smallest absolute Gasteiger partial charge is 0.314 e. The number of nitrogens with one attached hydrogen (secondary N) is 2. The lowest BCUT2D eigenvalue weighted by atomic mass is 9.82. The second-order valence-corrected chi connectivity index (χ2v) is 7.22. The summed E-state index contributed by atoms with van der Waals surface area (Å²) < 4.78 is 1.63. The van der Waals surface area contributed by atoms with Crippen molar-refractivity contribution in [1.29, 1.82) is 0 Å². The highest BCUT2D eigenvalue weighted by atomic mass is 16.1. The van der Waals surface area contributed by atoms with E-state index in [0.29, 0.717) is 12.0 Å². The van der Waals surface area contributed by atoms with E-state index in [2.05, 4.69) is 32.6 Å². The minimum atomic E-state index is -0.123. The second-order valence-electron chi connectivity index (χ2n) is 7.22. The third-order valence-corrected chi connectivity index (χ3v) is 5.35. The van der Waals surface area contributed by atoms with Crippen LogP contribution in [0.25, 0.3) is 0 Å². The Bertz CT molecular complexity index is 718. The van der Waals surface area contributed by atoms with E-state index in [1.54, 1.807) is 11.6 Å². The first-order valence-electron chi connectivity index (χ1n) is 9.38. The first-order chi connectivity index (χ1) is 12.1. The molecule has 1 aliphatic rings. The molecule has 25 heavy (non-hydrogen) atoms. The van der Waals surface area contributed by atoms with Crippen LogP contribution < -0.4 is 11.0 Å². The molecule has 2 heterocycles. The Morgan fingerprint density at radius 2 is 2.16 bits per heavy atom. The topological polar surface area (TPSA) is 75.6 Å². The molecule has 2 N–H and O–H groups in total. The molecule has 3 rings (SSSR count). The molecule has 136 valence electrons. The number of hydrogen-bond acceptors (Lipinski definition) is 4. The normalized spacial score (nSPS) is 20.7. The average molecular weight is 343 g/mol. The third kappa shape index (κ3) is 4.78. The number of nitrogens with zero attached hydrogens (tertiary/aromatic N) is 3. The SMILES string of the molecule is Cc1ccc(CCCN[C@@H]2CCCC[C@@H]2Cc2n[nH]c(=O)n2C)cn1. The van der Waals surface area contributed by atoms with Gasteiger partial charge in [-0.15, -0.1) is 0 Å². The highest BCUT2D eigenvalue weighted by molar-refractivity contribution is 5.13. The van der Waals surface area contributed by atoms with Crippen molar-refractivity contribution >= 4 is 0 Å². The molecule has 0 saturated heterocycles. The van der Waals surface area contributed by atoms with E-state index >= 15 is 0 Å². The summed E-state index contributed by atoms with van der Waals surface area (Å²) in [5.41, 5.74) is 2.25. The number of aromatic nitrogens is 4. The van der Waals surface area contributed by atoms with Crippen LogP contribution in [0.3, 0.4) is 0 Å². The summed E-state index contributed by atoms with van der Waals surface area (Å²) in [5.74, 6) is 1.43. The molecule has 0 spiro atoms. The zero-order valence-corrected chi connectivity index (χ0v) is 15.3. The summed E-state index contributed by atoms with van der Waals surface area (Å²) in [6.07, 6.45) is 10.0. The van der Waals surface area contributed by atoms with Crippen molar-refractivity contribution in [2.24, 2.45) is 13.0 Å². The van der Waals surface area contributed by atoms with Gasteiger partial charge in [0.05, 0.1) is 0 Å². The van der Waals surface area contributed by atoms with Crippen molar-refractivity contribution in [3.8, 4) is 0 Å². The van der Waals surface area contributed by atoms with Gasteiger partial charge in [-0.25, -0.2) is 9.89 Å². The lowest BCUT2D eigenvalue weighted by molar-refractivity contribution is 0.256. The molecule has 1 fully saturated rings. The minimum absolute atomic E-state index is 0.123. The fraction of sp³-hybridized carbons (Fsp3) is 0.632. The summed E-state index contributed by atoms with van der Waals surface area (Å²) in [5, 5.41) is 10.5. The van der Waals surface area contributed by atoms with Crippen LogP contribution >= 0.6 is 0 Å². The largest absolute Gasteiger partial charge is 0.343 e. The first-order valence-corrected chi connectivity index (χ1v) is 9.38. The summed E-state index contributed by atoms with van der Waals surface area (Å²) in [6, 6.07) is 4.77. The van der Waals surface area contributed by atoms with Crippen LogP contribution in [-0.4, -0.2) is 32.3 Å². The van der Waals surface area contributed by atoms with Gasteiger partial charge in [0, 0.05) is 31.4 Å². The molecule has 0 bridgehead atoms. The molecular weight excluding hydrogens is 314 g/mol. The Labute approximate surface area is 149 Å². The van der Waals surface area contributed by atoms with Crippen molar-refractivity contribution in [2.75, 3.05) is 6.54 Å². The predicted molar refractivity (Wildman–Crippen MR) is 98.6 cm³/mol. The Morgan fingerprint density at radius 3 is 2.88 bits per heavy atom. The fourth-order valence-electron chi connectivity index (χ4n) is 3.74. The van der Waals surface area contributed by atoms with Gasteiger partial charge in [0.1, 0.15) is 5.82 Å². The zero-order valence-electron chi connectivity index (χ0n) is 15.3. The lowest BCUT2D eigenvalue weighted by Crippen LogP contribution is -2.40. The standard InChI is InChI=1S/C19H29N5O/c1-14-9-10-15(13-21-14)6-5-11-20-17-8-4-3-7-16(17)12-18-22-23-19(25)24(18)2/h9-10,13,16-17,20H,3-8,11-12H2,1-2H3,(H,23,25)/t16-,17-/m1/s1. The molecule has 0 aromatic carbocycles. The van der Waals surface area contributed by atoms with E-state index in [-0.39, 0.29) is 5.69 Å². The van der Waals surface area contributed by atoms with Crippen molar-refractivity contribution < 1.29 is 0 Å². The maximum absolute atomic E-state index is 11.6. The van der Waals surface area contributed by atoms with Crippen molar-refractivity contribution in [1.82, 2.24) is 25.1 Å². The Balaban J connectivity index is 1.48. The quantitative estimate of drug-likeness (QED) is 0.755. The van der Waals surface area contributed by atoms with Gasteiger partial charge in [-0.2, -0.15) is 5.10 Å². The minimum Gasteiger partial charge on any atom is -0.314 e. The molecule has 0 radical (unpaired) electrons. The summed E-state index contributed by atoms with van der Waals surface area (Å²) in [4.78, 5) is 15.9. The molecule has 1 aliphatic carbocycles. The van der Waals surface area contributed by atoms with E-state index in [9.17, 15) is 4.79 Å². The molecule has 1 saturated carbocycles. The van der Waals surface area contributed by atoms with Crippen LogP contribution in [0.2, 0.25) is 0 Å². The molecule has 2 aromatic rings. The predicted octanol–water partition coefficient (Wildman–Crippen LogP) is 2.14. The maximum Gasteiger partial charge on any atom is 0.343 e. The van der Waals surface area contributed by atoms with Gasteiger partial charge in [-0.1, -0.05) is 18.9 Å². The molecule has 2 atom stereocenters. The summed E-state index contributed by atoms with van der Waals surface area (Å²) in [6.45, 7) is 3.04. The van der Waals surface area contributed by atoms with Crippen LogP contribution in [0, 0.1) is 12.8 Å². The molecule has 0 unspecified atom stereocenters. The van der Waals surface area contributed by atoms with Gasteiger partial charge < -0.3 is 5.32 Å².